The Hall–Kier alpha value is -6.30. The number of hydrogen-bond acceptors (Lipinski definition) is 15. The second-order valence-electron chi connectivity index (χ2n) is 13.9. The molecule has 18 heteroatoms. The number of methoxy groups -OCH3 is 3. The molecule has 0 aliphatic carbocycles. The molecule has 1 amide bonds. The molecule has 0 radical (unpaired) electrons. The Balaban J connectivity index is 0.000000726. The van der Waals surface area contributed by atoms with Gasteiger partial charge >= 0.3 is 11.9 Å². The van der Waals surface area contributed by atoms with Crippen molar-refractivity contribution < 1.29 is 62.6 Å². The molecule has 18 nitrogen and oxygen atoms in total. The monoisotopic (exact) mass is 855 g/mol. The van der Waals surface area contributed by atoms with Crippen molar-refractivity contribution in [2.75, 3.05) is 47.6 Å². The number of nitro benzene ring substituents is 2. The lowest BCUT2D eigenvalue weighted by molar-refractivity contribution is -0.385. The SMILES string of the molecule is CCCCC(C)C(=O)OC.COC(C)=O.COc1cc(C(C)=O)c([N+](=O)[O-])cc1OCCCCCOc1cc([N+](=O)[O-])c(C(=O)N2CCC(O)C2)cc1OCc1ccccc1. The van der Waals surface area contributed by atoms with E-state index in [1.807, 2.05) is 37.3 Å². The van der Waals surface area contributed by atoms with Gasteiger partial charge in [0, 0.05) is 32.1 Å². The van der Waals surface area contributed by atoms with Gasteiger partial charge in [-0.25, -0.2) is 0 Å². The largest absolute Gasteiger partial charge is 0.493 e. The number of benzene rings is 3. The zero-order chi connectivity index (χ0) is 45.5. The molecule has 1 aliphatic rings. The summed E-state index contributed by atoms with van der Waals surface area (Å²) in [6.45, 7) is 7.50. The van der Waals surface area contributed by atoms with Crippen molar-refractivity contribution in [2.45, 2.75) is 85.4 Å². The number of unbranched alkanes of at least 4 members (excludes halogenated alkanes) is 3. The van der Waals surface area contributed by atoms with Gasteiger partial charge in [-0.15, -0.1) is 0 Å². The molecular formula is C43H57N3O15. The number of amides is 1. The molecule has 61 heavy (non-hydrogen) atoms. The Kier molecular flexibility index (Phi) is 22.3. The molecular weight excluding hydrogens is 798 g/mol. The van der Waals surface area contributed by atoms with Crippen LogP contribution in [0.4, 0.5) is 11.4 Å². The van der Waals surface area contributed by atoms with E-state index in [1.54, 1.807) is 0 Å². The molecule has 3 aromatic carbocycles. The van der Waals surface area contributed by atoms with Crippen molar-refractivity contribution in [2.24, 2.45) is 5.92 Å². The molecule has 0 spiro atoms. The zero-order valence-corrected chi connectivity index (χ0v) is 35.8. The van der Waals surface area contributed by atoms with Gasteiger partial charge in [-0.3, -0.25) is 39.4 Å². The summed E-state index contributed by atoms with van der Waals surface area (Å²) in [4.78, 5) is 68.9. The van der Waals surface area contributed by atoms with E-state index in [4.69, 9.17) is 18.9 Å². The smallest absolute Gasteiger partial charge is 0.308 e. The van der Waals surface area contributed by atoms with Crippen LogP contribution in [0.3, 0.4) is 0 Å². The van der Waals surface area contributed by atoms with Gasteiger partial charge in [0.2, 0.25) is 0 Å². The number of carbonyl (C=O) groups excluding carboxylic acids is 4. The molecule has 4 rings (SSSR count). The second-order valence-corrected chi connectivity index (χ2v) is 13.9. The molecule has 0 aromatic heterocycles. The minimum atomic E-state index is -0.683. The lowest BCUT2D eigenvalue weighted by Crippen LogP contribution is -2.30. The summed E-state index contributed by atoms with van der Waals surface area (Å²) in [5, 5.41) is 33.3. The molecule has 0 saturated carbocycles. The second kappa shape index (κ2) is 26.7. The number of ketones is 1. The summed E-state index contributed by atoms with van der Waals surface area (Å²) in [5.74, 6) is -0.681. The van der Waals surface area contributed by atoms with Crippen LogP contribution in [0.5, 0.6) is 23.0 Å². The summed E-state index contributed by atoms with van der Waals surface area (Å²) >= 11 is 0. The fourth-order valence-electron chi connectivity index (χ4n) is 5.76. The van der Waals surface area contributed by atoms with E-state index in [1.165, 1.54) is 64.3 Å². The average molecular weight is 856 g/mol. The molecule has 1 fully saturated rings. The van der Waals surface area contributed by atoms with Gasteiger partial charge in [-0.1, -0.05) is 57.0 Å². The number of β-amino-alcohol motifs (C(OH)–C–C–N with tert-alkyl or cyclic N) is 1. The number of esters is 2. The van der Waals surface area contributed by atoms with Gasteiger partial charge in [0.25, 0.3) is 17.3 Å². The highest BCUT2D eigenvalue weighted by Crippen LogP contribution is 2.37. The molecule has 1 heterocycles. The average Bonchev–Trinajstić information content (AvgIpc) is 3.70. The predicted octanol–water partition coefficient (Wildman–Crippen LogP) is 7.29. The third-order valence-electron chi connectivity index (χ3n) is 9.22. The van der Waals surface area contributed by atoms with E-state index in [-0.39, 0.29) is 90.6 Å². The van der Waals surface area contributed by atoms with Crippen molar-refractivity contribution >= 4 is 35.0 Å². The number of likely N-dealkylation sites (tertiary alicyclic amines) is 1. The third kappa shape index (κ3) is 17.1. The Bertz CT molecular complexity index is 1920. The number of Topliss-reactive ketones (excluding diaryl/α,β-unsaturated/α-hetero) is 1. The minimum Gasteiger partial charge on any atom is -0.493 e. The highest BCUT2D eigenvalue weighted by molar-refractivity contribution is 5.99. The topological polar surface area (TPSA) is 233 Å². The van der Waals surface area contributed by atoms with Crippen LogP contribution in [0.15, 0.2) is 54.6 Å². The lowest BCUT2D eigenvalue weighted by atomic mass is 10.1. The third-order valence-corrected chi connectivity index (χ3v) is 9.22. The Morgan fingerprint density at radius 2 is 1.33 bits per heavy atom. The van der Waals surface area contributed by atoms with Crippen LogP contribution in [0.1, 0.15) is 98.9 Å². The van der Waals surface area contributed by atoms with Gasteiger partial charge in [0.1, 0.15) is 12.2 Å². The van der Waals surface area contributed by atoms with E-state index in [0.29, 0.717) is 25.7 Å². The van der Waals surface area contributed by atoms with E-state index in [2.05, 4.69) is 16.4 Å². The lowest BCUT2D eigenvalue weighted by Gasteiger charge is -2.18. The number of carbonyl (C=O) groups is 4. The normalized spacial score (nSPS) is 13.2. The molecule has 2 unspecified atom stereocenters. The Morgan fingerprint density at radius 1 is 0.787 bits per heavy atom. The van der Waals surface area contributed by atoms with Crippen molar-refractivity contribution in [3.05, 3.63) is 91.5 Å². The number of hydrogen-bond donors (Lipinski definition) is 1. The van der Waals surface area contributed by atoms with Crippen LogP contribution in [0.25, 0.3) is 0 Å². The first-order valence-electron chi connectivity index (χ1n) is 19.8. The van der Waals surface area contributed by atoms with E-state index in [9.17, 15) is 44.5 Å². The first kappa shape index (κ1) is 50.8. The van der Waals surface area contributed by atoms with Gasteiger partial charge in [-0.2, -0.15) is 0 Å². The fourth-order valence-corrected chi connectivity index (χ4v) is 5.76. The molecule has 1 N–H and O–H groups in total. The Morgan fingerprint density at radius 3 is 1.80 bits per heavy atom. The van der Waals surface area contributed by atoms with Crippen molar-refractivity contribution in [1.82, 2.24) is 4.90 Å². The number of nitro groups is 2. The van der Waals surface area contributed by atoms with Gasteiger partial charge in [0.15, 0.2) is 28.8 Å². The maximum absolute atomic E-state index is 13.2. The number of rotatable bonds is 20. The first-order chi connectivity index (χ1) is 29.1. The first-order valence-corrected chi connectivity index (χ1v) is 19.8. The Labute approximate surface area is 355 Å². The molecule has 3 aromatic rings. The standard InChI is InChI=1S/C32H35N3O11.C8H16O2.C3H6O2/c1-21(36)24-15-28(43-2)30(17-26(24)34(39)40)44-13-7-4-8-14-45-31-18-27(35(41)42)25(32(38)33-12-11-23(37)19-33)16-29(31)46-20-22-9-5-3-6-10-22;1-4-5-6-7(2)8(9)10-3;1-3(4)5-2/h3,5-6,9-10,15-18,23,37H,4,7-8,11-14,19-20H2,1-2H3;7H,4-6H2,1-3H3;1-2H3. The molecule has 334 valence electrons. The van der Waals surface area contributed by atoms with Crippen LogP contribution in [-0.4, -0.2) is 97.2 Å². The van der Waals surface area contributed by atoms with Gasteiger partial charge in [-0.05, 0) is 44.6 Å². The number of nitrogens with zero attached hydrogens (tertiary/aromatic N) is 3. The number of aliphatic hydroxyl groups is 1. The fraction of sp³-hybridized carbons (Fsp3) is 0.488. The van der Waals surface area contributed by atoms with Gasteiger partial charge < -0.3 is 38.4 Å². The van der Waals surface area contributed by atoms with Crippen LogP contribution >= 0.6 is 0 Å². The quantitative estimate of drug-likeness (QED) is 0.0386. The number of aliphatic hydroxyl groups excluding tert-OH is 1. The van der Waals surface area contributed by atoms with Crippen LogP contribution in [-0.2, 0) is 25.7 Å². The zero-order valence-electron chi connectivity index (χ0n) is 35.8. The highest BCUT2D eigenvalue weighted by atomic mass is 16.6. The maximum Gasteiger partial charge on any atom is 0.308 e. The predicted molar refractivity (Wildman–Crippen MR) is 223 cm³/mol. The molecule has 1 aliphatic heterocycles. The van der Waals surface area contributed by atoms with E-state index in [0.717, 1.165) is 24.8 Å². The van der Waals surface area contributed by atoms with E-state index >= 15 is 0 Å². The molecule has 1 saturated heterocycles. The summed E-state index contributed by atoms with van der Waals surface area (Å²) < 4.78 is 31.5. The minimum absolute atomic E-state index is 0.0740. The summed E-state index contributed by atoms with van der Waals surface area (Å²) in [7, 11) is 4.16. The summed E-state index contributed by atoms with van der Waals surface area (Å²) in [6, 6.07) is 14.2. The molecule has 2 atom stereocenters. The van der Waals surface area contributed by atoms with Crippen molar-refractivity contribution in [1.29, 1.82) is 0 Å². The van der Waals surface area contributed by atoms with Crippen molar-refractivity contribution in [3.8, 4) is 23.0 Å². The van der Waals surface area contributed by atoms with Crippen LogP contribution in [0, 0.1) is 26.1 Å². The van der Waals surface area contributed by atoms with Crippen LogP contribution < -0.4 is 18.9 Å². The summed E-state index contributed by atoms with van der Waals surface area (Å²) in [5.41, 5.74) is -0.188. The van der Waals surface area contributed by atoms with Crippen molar-refractivity contribution in [3.63, 3.8) is 0 Å². The molecule has 0 bridgehead atoms. The van der Waals surface area contributed by atoms with Gasteiger partial charge in [0.05, 0.1) is 74.1 Å². The highest BCUT2D eigenvalue weighted by Gasteiger charge is 2.32. The van der Waals surface area contributed by atoms with E-state index < -0.39 is 33.3 Å². The van der Waals surface area contributed by atoms with Crippen LogP contribution in [0.2, 0.25) is 0 Å². The maximum atomic E-state index is 13.2. The summed E-state index contributed by atoms with van der Waals surface area (Å²) in [6.07, 6.45) is 4.59. The number of ether oxygens (including phenoxy) is 6.